The predicted molar refractivity (Wildman–Crippen MR) is 87.2 cm³/mol. The Hall–Kier alpha value is -0.870. The number of hydrogen-bond acceptors (Lipinski definition) is 2. The molecule has 1 saturated heterocycles. The van der Waals surface area contributed by atoms with Crippen molar-refractivity contribution in [1.29, 1.82) is 0 Å². The van der Waals surface area contributed by atoms with E-state index in [1.54, 1.807) is 0 Å². The third kappa shape index (κ3) is 2.77. The van der Waals surface area contributed by atoms with Crippen molar-refractivity contribution in [1.82, 2.24) is 14.7 Å². The molecule has 1 aliphatic heterocycles. The maximum Gasteiger partial charge on any atom is 0.0843 e. The zero-order valence-corrected chi connectivity index (χ0v) is 13.6. The Morgan fingerprint density at radius 2 is 2.20 bits per heavy atom. The summed E-state index contributed by atoms with van der Waals surface area (Å²) >= 11 is 3.63. The van der Waals surface area contributed by atoms with Gasteiger partial charge in [-0.15, -0.1) is 0 Å². The molecule has 0 spiro atoms. The first-order chi connectivity index (χ1) is 9.81. The Morgan fingerprint density at radius 3 is 3.00 bits per heavy atom. The number of halogens is 1. The number of para-hydroxylation sites is 1. The lowest BCUT2D eigenvalue weighted by atomic mass is 10.00. The van der Waals surface area contributed by atoms with Gasteiger partial charge in [-0.2, -0.15) is 5.10 Å². The van der Waals surface area contributed by atoms with E-state index in [1.165, 1.54) is 42.5 Å². The van der Waals surface area contributed by atoms with Crippen LogP contribution in [0.1, 0.15) is 25.5 Å². The molecule has 1 atom stereocenters. The van der Waals surface area contributed by atoms with Crippen LogP contribution in [0.5, 0.6) is 0 Å². The number of benzene rings is 1. The molecule has 1 aromatic heterocycles. The van der Waals surface area contributed by atoms with Crippen LogP contribution in [0.4, 0.5) is 0 Å². The number of rotatable bonds is 4. The maximum atomic E-state index is 4.82. The number of piperidine rings is 1. The van der Waals surface area contributed by atoms with Gasteiger partial charge in [-0.05, 0) is 38.3 Å². The van der Waals surface area contributed by atoms with Gasteiger partial charge in [0, 0.05) is 30.4 Å². The van der Waals surface area contributed by atoms with E-state index in [-0.39, 0.29) is 0 Å². The second-order valence-corrected chi connectivity index (χ2v) is 6.32. The van der Waals surface area contributed by atoms with Crippen molar-refractivity contribution in [3.63, 3.8) is 0 Å². The fraction of sp³-hybridized carbons (Fsp3) is 0.562. The summed E-state index contributed by atoms with van der Waals surface area (Å²) in [5.41, 5.74) is 2.50. The highest BCUT2D eigenvalue weighted by molar-refractivity contribution is 9.09. The standard InChI is InChI=1S/C16H22BrN3/c1-2-20-16-8-4-3-7-14(16)15(18-20)12-19-9-5-6-13(10-17)11-19/h3-4,7-8,13H,2,5-6,9-12H2,1H3. The monoisotopic (exact) mass is 335 g/mol. The summed E-state index contributed by atoms with van der Waals surface area (Å²) in [4.78, 5) is 2.56. The third-order valence-electron chi connectivity index (χ3n) is 4.23. The van der Waals surface area contributed by atoms with Crippen LogP contribution < -0.4 is 0 Å². The van der Waals surface area contributed by atoms with E-state index in [9.17, 15) is 0 Å². The first-order valence-electron chi connectivity index (χ1n) is 7.54. The number of nitrogens with zero attached hydrogens (tertiary/aromatic N) is 3. The van der Waals surface area contributed by atoms with E-state index < -0.39 is 0 Å². The van der Waals surface area contributed by atoms with E-state index in [4.69, 9.17) is 5.10 Å². The number of fused-ring (bicyclic) bond motifs is 1. The molecule has 0 aliphatic carbocycles. The molecular formula is C16H22BrN3. The van der Waals surface area contributed by atoms with Gasteiger partial charge in [0.2, 0.25) is 0 Å². The highest BCUT2D eigenvalue weighted by Gasteiger charge is 2.20. The summed E-state index contributed by atoms with van der Waals surface area (Å²) in [6.45, 7) is 6.47. The molecule has 3 nitrogen and oxygen atoms in total. The second-order valence-electron chi connectivity index (χ2n) is 5.68. The summed E-state index contributed by atoms with van der Waals surface area (Å²) in [5, 5.41) is 7.25. The average Bonchev–Trinajstić information content (AvgIpc) is 2.86. The predicted octanol–water partition coefficient (Wildman–Crippen LogP) is 3.66. The quantitative estimate of drug-likeness (QED) is 0.795. The lowest BCUT2D eigenvalue weighted by Crippen LogP contribution is -2.35. The number of hydrogen-bond donors (Lipinski definition) is 0. The molecule has 2 aromatic rings. The van der Waals surface area contributed by atoms with Gasteiger partial charge in [0.15, 0.2) is 0 Å². The second kappa shape index (κ2) is 6.27. The van der Waals surface area contributed by atoms with Crippen molar-refractivity contribution in [2.24, 2.45) is 5.92 Å². The summed E-state index contributed by atoms with van der Waals surface area (Å²) in [6, 6.07) is 8.59. The summed E-state index contributed by atoms with van der Waals surface area (Å²) in [7, 11) is 0. The fourth-order valence-electron chi connectivity index (χ4n) is 3.19. The zero-order chi connectivity index (χ0) is 13.9. The molecule has 2 heterocycles. The number of aryl methyl sites for hydroxylation is 1. The number of alkyl halides is 1. The Morgan fingerprint density at radius 1 is 1.35 bits per heavy atom. The van der Waals surface area contributed by atoms with Crippen LogP contribution in [0.15, 0.2) is 24.3 Å². The van der Waals surface area contributed by atoms with Crippen LogP contribution in [0.25, 0.3) is 10.9 Å². The highest BCUT2D eigenvalue weighted by atomic mass is 79.9. The molecule has 1 aliphatic rings. The van der Waals surface area contributed by atoms with E-state index in [1.807, 2.05) is 0 Å². The molecular weight excluding hydrogens is 314 g/mol. The zero-order valence-electron chi connectivity index (χ0n) is 12.1. The molecule has 1 fully saturated rings. The maximum absolute atomic E-state index is 4.82. The normalized spacial score (nSPS) is 20.6. The Bertz CT molecular complexity index is 578. The smallest absolute Gasteiger partial charge is 0.0843 e. The summed E-state index contributed by atoms with van der Waals surface area (Å²) < 4.78 is 2.12. The summed E-state index contributed by atoms with van der Waals surface area (Å²) in [6.07, 6.45) is 2.66. The van der Waals surface area contributed by atoms with E-state index >= 15 is 0 Å². The first kappa shape index (κ1) is 14.1. The molecule has 3 rings (SSSR count). The molecule has 0 saturated carbocycles. The van der Waals surface area contributed by atoms with Crippen molar-refractivity contribution in [2.45, 2.75) is 32.9 Å². The van der Waals surface area contributed by atoms with Crippen LogP contribution in [0, 0.1) is 5.92 Å². The van der Waals surface area contributed by atoms with Crippen molar-refractivity contribution in [3.05, 3.63) is 30.0 Å². The van der Waals surface area contributed by atoms with Gasteiger partial charge in [-0.3, -0.25) is 9.58 Å². The summed E-state index contributed by atoms with van der Waals surface area (Å²) in [5.74, 6) is 0.795. The van der Waals surface area contributed by atoms with Crippen LogP contribution in [0.3, 0.4) is 0 Å². The Labute approximate surface area is 129 Å². The minimum atomic E-state index is 0.795. The van der Waals surface area contributed by atoms with Crippen LogP contribution >= 0.6 is 15.9 Å². The van der Waals surface area contributed by atoms with Gasteiger partial charge < -0.3 is 0 Å². The van der Waals surface area contributed by atoms with Crippen molar-refractivity contribution in [2.75, 3.05) is 18.4 Å². The van der Waals surface area contributed by atoms with Gasteiger partial charge >= 0.3 is 0 Å². The largest absolute Gasteiger partial charge is 0.297 e. The van der Waals surface area contributed by atoms with Gasteiger partial charge in [-0.1, -0.05) is 34.1 Å². The SMILES string of the molecule is CCn1nc(CN2CCCC(CBr)C2)c2ccccc21. The Balaban J connectivity index is 1.83. The topological polar surface area (TPSA) is 21.1 Å². The molecule has 1 unspecified atom stereocenters. The lowest BCUT2D eigenvalue weighted by molar-refractivity contribution is 0.177. The molecule has 0 N–H and O–H groups in total. The van der Waals surface area contributed by atoms with Crippen molar-refractivity contribution < 1.29 is 0 Å². The average molecular weight is 336 g/mol. The third-order valence-corrected chi connectivity index (χ3v) is 5.14. The molecule has 0 radical (unpaired) electrons. The van der Waals surface area contributed by atoms with Gasteiger partial charge in [0.05, 0.1) is 11.2 Å². The van der Waals surface area contributed by atoms with Crippen LogP contribution in [0.2, 0.25) is 0 Å². The van der Waals surface area contributed by atoms with Crippen LogP contribution in [-0.4, -0.2) is 33.1 Å². The van der Waals surface area contributed by atoms with Crippen molar-refractivity contribution in [3.8, 4) is 0 Å². The molecule has 0 amide bonds. The van der Waals surface area contributed by atoms with Crippen molar-refractivity contribution >= 4 is 26.8 Å². The molecule has 4 heteroatoms. The minimum Gasteiger partial charge on any atom is -0.297 e. The first-order valence-corrected chi connectivity index (χ1v) is 8.66. The number of likely N-dealkylation sites (tertiary alicyclic amines) is 1. The molecule has 0 bridgehead atoms. The van der Waals surface area contributed by atoms with Gasteiger partial charge in [0.1, 0.15) is 0 Å². The van der Waals surface area contributed by atoms with Gasteiger partial charge in [0.25, 0.3) is 0 Å². The van der Waals surface area contributed by atoms with E-state index in [0.29, 0.717) is 0 Å². The molecule has 20 heavy (non-hydrogen) atoms. The molecule has 1 aromatic carbocycles. The van der Waals surface area contributed by atoms with Crippen LogP contribution in [-0.2, 0) is 13.1 Å². The lowest BCUT2D eigenvalue weighted by Gasteiger charge is -2.31. The molecule has 108 valence electrons. The van der Waals surface area contributed by atoms with E-state index in [0.717, 1.165) is 24.3 Å². The van der Waals surface area contributed by atoms with E-state index in [2.05, 4.69) is 56.7 Å². The fourth-order valence-corrected chi connectivity index (χ4v) is 3.72. The highest BCUT2D eigenvalue weighted by Crippen LogP contribution is 2.23. The number of aromatic nitrogens is 2. The van der Waals surface area contributed by atoms with Gasteiger partial charge in [-0.25, -0.2) is 0 Å². The minimum absolute atomic E-state index is 0.795. The Kier molecular flexibility index (Phi) is 4.41.